The van der Waals surface area contributed by atoms with Crippen molar-refractivity contribution in [2.45, 2.75) is 24.9 Å². The van der Waals surface area contributed by atoms with E-state index in [1.165, 1.54) is 12.1 Å². The van der Waals surface area contributed by atoms with Crippen LogP contribution in [0.2, 0.25) is 0 Å². The molecule has 0 radical (unpaired) electrons. The van der Waals surface area contributed by atoms with Crippen molar-refractivity contribution in [3.63, 3.8) is 0 Å². The lowest BCUT2D eigenvalue weighted by molar-refractivity contribution is -0.119. The smallest absolute Gasteiger partial charge is 0.255 e. The number of nitrogens with one attached hydrogen (secondary N) is 1. The molecule has 0 bridgehead atoms. The van der Waals surface area contributed by atoms with Crippen LogP contribution < -0.4 is 21.5 Å². The van der Waals surface area contributed by atoms with Gasteiger partial charge in [0.1, 0.15) is 17.6 Å². The molecule has 0 saturated carbocycles. The van der Waals surface area contributed by atoms with Crippen LogP contribution in [0.4, 0.5) is 4.39 Å². The van der Waals surface area contributed by atoms with E-state index in [1.807, 2.05) is 6.07 Å². The maximum atomic E-state index is 13.0. The number of carbonyl (C=O) groups excluding carboxylic acids is 2. The lowest BCUT2D eigenvalue weighted by Crippen LogP contribution is -2.46. The fourth-order valence-corrected chi connectivity index (χ4v) is 2.95. The number of halogens is 1. The van der Waals surface area contributed by atoms with E-state index in [1.54, 1.807) is 24.3 Å². The van der Waals surface area contributed by atoms with Gasteiger partial charge in [0.2, 0.25) is 5.91 Å². The molecule has 0 saturated heterocycles. The van der Waals surface area contributed by atoms with Crippen LogP contribution in [0.3, 0.4) is 0 Å². The largest absolute Gasteiger partial charge is 0.492 e. The fourth-order valence-electron chi connectivity index (χ4n) is 2.95. The SMILES string of the molecule is NC(=O)[C@H](Cc1ccc(F)cc1)NC(=O)c1cccc2c1OCCC2N. The molecule has 2 aromatic carbocycles. The van der Waals surface area contributed by atoms with Gasteiger partial charge in [0.05, 0.1) is 12.2 Å². The van der Waals surface area contributed by atoms with Gasteiger partial charge in [0.15, 0.2) is 0 Å². The maximum absolute atomic E-state index is 13.0. The van der Waals surface area contributed by atoms with E-state index in [0.717, 1.165) is 5.56 Å². The first-order valence-electron chi connectivity index (χ1n) is 8.31. The first-order valence-corrected chi connectivity index (χ1v) is 8.31. The summed E-state index contributed by atoms with van der Waals surface area (Å²) in [4.78, 5) is 24.4. The second kappa shape index (κ2) is 7.53. The van der Waals surface area contributed by atoms with Crippen LogP contribution in [0.15, 0.2) is 42.5 Å². The van der Waals surface area contributed by atoms with Crippen LogP contribution in [0, 0.1) is 5.82 Å². The van der Waals surface area contributed by atoms with Crippen LogP contribution in [0.25, 0.3) is 0 Å². The molecule has 2 amide bonds. The Kier molecular flexibility index (Phi) is 5.18. The van der Waals surface area contributed by atoms with E-state index in [9.17, 15) is 14.0 Å². The van der Waals surface area contributed by atoms with Gasteiger partial charge in [-0.2, -0.15) is 0 Å². The van der Waals surface area contributed by atoms with Crippen molar-refractivity contribution in [3.8, 4) is 5.75 Å². The highest BCUT2D eigenvalue weighted by molar-refractivity contribution is 6.00. The van der Waals surface area contributed by atoms with Gasteiger partial charge in [-0.3, -0.25) is 9.59 Å². The van der Waals surface area contributed by atoms with Crippen molar-refractivity contribution in [1.29, 1.82) is 0 Å². The standard InChI is InChI=1S/C19H20FN3O3/c20-12-6-4-11(5-7-12)10-16(18(22)24)23-19(25)14-3-1-2-13-15(21)8-9-26-17(13)14/h1-7,15-16H,8-10,21H2,(H2,22,24)(H,23,25)/t15?,16-/m0/s1. The summed E-state index contributed by atoms with van der Waals surface area (Å²) in [6, 6.07) is 9.70. The molecule has 1 aliphatic heterocycles. The lowest BCUT2D eigenvalue weighted by atomic mass is 9.97. The van der Waals surface area contributed by atoms with Crippen LogP contribution in [-0.2, 0) is 11.2 Å². The number of carbonyl (C=O) groups is 2. The van der Waals surface area contributed by atoms with Crippen molar-refractivity contribution in [2.75, 3.05) is 6.61 Å². The van der Waals surface area contributed by atoms with Crippen molar-refractivity contribution >= 4 is 11.8 Å². The Morgan fingerprint density at radius 1 is 1.23 bits per heavy atom. The third-order valence-electron chi connectivity index (χ3n) is 4.37. The van der Waals surface area contributed by atoms with E-state index >= 15 is 0 Å². The van der Waals surface area contributed by atoms with Gasteiger partial charge in [-0.25, -0.2) is 4.39 Å². The molecule has 5 N–H and O–H groups in total. The molecular weight excluding hydrogens is 337 g/mol. The predicted octanol–water partition coefficient (Wildman–Crippen LogP) is 1.43. The number of fused-ring (bicyclic) bond motifs is 1. The van der Waals surface area contributed by atoms with Gasteiger partial charge in [0.25, 0.3) is 5.91 Å². The Balaban J connectivity index is 1.80. The number of primary amides is 1. The van der Waals surface area contributed by atoms with Crippen LogP contribution in [0.5, 0.6) is 5.75 Å². The second-order valence-electron chi connectivity index (χ2n) is 6.23. The molecule has 2 atom stereocenters. The van der Waals surface area contributed by atoms with Crippen molar-refractivity contribution in [1.82, 2.24) is 5.32 Å². The molecule has 2 aromatic rings. The monoisotopic (exact) mass is 357 g/mol. The van der Waals surface area contributed by atoms with Crippen LogP contribution in [0.1, 0.15) is 33.9 Å². The third kappa shape index (κ3) is 3.83. The summed E-state index contributed by atoms with van der Waals surface area (Å²) in [7, 11) is 0. The Morgan fingerprint density at radius 2 is 1.96 bits per heavy atom. The number of rotatable bonds is 5. The molecule has 26 heavy (non-hydrogen) atoms. The van der Waals surface area contributed by atoms with Crippen LogP contribution >= 0.6 is 0 Å². The van der Waals surface area contributed by atoms with Crippen molar-refractivity contribution < 1.29 is 18.7 Å². The highest BCUT2D eigenvalue weighted by Gasteiger charge is 2.26. The van der Waals surface area contributed by atoms with Crippen molar-refractivity contribution in [2.24, 2.45) is 11.5 Å². The summed E-state index contributed by atoms with van der Waals surface area (Å²) in [5.41, 5.74) is 13.2. The zero-order valence-electron chi connectivity index (χ0n) is 14.1. The minimum absolute atomic E-state index is 0.163. The molecule has 136 valence electrons. The molecule has 1 unspecified atom stereocenters. The summed E-state index contributed by atoms with van der Waals surface area (Å²) < 4.78 is 18.6. The average molecular weight is 357 g/mol. The van der Waals surface area contributed by atoms with Crippen LogP contribution in [-0.4, -0.2) is 24.5 Å². The van der Waals surface area contributed by atoms with Gasteiger partial charge in [-0.05, 0) is 23.8 Å². The number of nitrogens with two attached hydrogens (primary N) is 2. The first-order chi connectivity index (χ1) is 12.5. The molecule has 0 spiro atoms. The zero-order chi connectivity index (χ0) is 18.7. The average Bonchev–Trinajstić information content (AvgIpc) is 2.62. The van der Waals surface area contributed by atoms with E-state index < -0.39 is 17.9 Å². The molecule has 0 aliphatic carbocycles. The zero-order valence-corrected chi connectivity index (χ0v) is 14.1. The summed E-state index contributed by atoms with van der Waals surface area (Å²) >= 11 is 0. The molecule has 7 heteroatoms. The highest BCUT2D eigenvalue weighted by Crippen LogP contribution is 2.33. The Labute approximate surface area is 150 Å². The number of ether oxygens (including phenoxy) is 1. The van der Waals surface area contributed by atoms with E-state index in [-0.39, 0.29) is 18.3 Å². The molecule has 1 heterocycles. The number of para-hydroxylation sites is 1. The number of benzene rings is 2. The number of amides is 2. The number of hydrogen-bond donors (Lipinski definition) is 3. The molecule has 6 nitrogen and oxygen atoms in total. The summed E-state index contributed by atoms with van der Waals surface area (Å²) in [5, 5.41) is 2.63. The second-order valence-corrected chi connectivity index (χ2v) is 6.23. The predicted molar refractivity (Wildman–Crippen MR) is 94.0 cm³/mol. The molecule has 3 rings (SSSR count). The summed E-state index contributed by atoms with van der Waals surface area (Å²) in [5.74, 6) is -1.08. The Hall–Kier alpha value is -2.93. The van der Waals surface area contributed by atoms with Gasteiger partial charge < -0.3 is 21.5 Å². The molecular formula is C19H20FN3O3. The normalized spacial score (nSPS) is 16.9. The van der Waals surface area contributed by atoms with Gasteiger partial charge in [-0.1, -0.05) is 24.3 Å². The quantitative estimate of drug-likeness (QED) is 0.752. The fraction of sp³-hybridized carbons (Fsp3) is 0.263. The number of hydrogen-bond acceptors (Lipinski definition) is 4. The van der Waals surface area contributed by atoms with Gasteiger partial charge >= 0.3 is 0 Å². The van der Waals surface area contributed by atoms with Crippen molar-refractivity contribution in [3.05, 3.63) is 65.0 Å². The third-order valence-corrected chi connectivity index (χ3v) is 4.37. The Morgan fingerprint density at radius 3 is 2.65 bits per heavy atom. The Bertz CT molecular complexity index is 823. The molecule has 0 aromatic heterocycles. The topological polar surface area (TPSA) is 107 Å². The minimum atomic E-state index is -0.930. The molecule has 1 aliphatic rings. The minimum Gasteiger partial charge on any atom is -0.492 e. The maximum Gasteiger partial charge on any atom is 0.255 e. The first kappa shape index (κ1) is 17.9. The summed E-state index contributed by atoms with van der Waals surface area (Å²) in [6.07, 6.45) is 0.837. The van der Waals surface area contributed by atoms with E-state index in [0.29, 0.717) is 29.9 Å². The van der Waals surface area contributed by atoms with Gasteiger partial charge in [-0.15, -0.1) is 0 Å². The summed E-state index contributed by atoms with van der Waals surface area (Å²) in [6.45, 7) is 0.424. The lowest BCUT2D eigenvalue weighted by Gasteiger charge is -2.25. The van der Waals surface area contributed by atoms with Gasteiger partial charge in [0, 0.05) is 24.4 Å². The highest BCUT2D eigenvalue weighted by atomic mass is 19.1. The van der Waals surface area contributed by atoms with E-state index in [2.05, 4.69) is 5.32 Å². The van der Waals surface area contributed by atoms with E-state index in [4.69, 9.17) is 16.2 Å². The molecule has 0 fully saturated rings.